The van der Waals surface area contributed by atoms with Crippen molar-refractivity contribution in [2.75, 3.05) is 19.8 Å². The fourth-order valence-corrected chi connectivity index (χ4v) is 2.66. The SMILES string of the molecule is CCOCCOc1ccccc1C(=O)NC1CCC(N)CC1.Cl. The molecule has 0 aliphatic heterocycles. The molecular formula is C17H27ClN2O3. The molecule has 0 heterocycles. The van der Waals surface area contributed by atoms with Crippen LogP contribution >= 0.6 is 12.4 Å². The topological polar surface area (TPSA) is 73.6 Å². The number of ether oxygens (including phenoxy) is 2. The van der Waals surface area contributed by atoms with E-state index in [1.165, 1.54) is 0 Å². The highest BCUT2D eigenvalue weighted by Crippen LogP contribution is 2.21. The van der Waals surface area contributed by atoms with Gasteiger partial charge in [0.2, 0.25) is 0 Å². The Hall–Kier alpha value is -1.30. The predicted octanol–water partition coefficient (Wildman–Crippen LogP) is 2.52. The van der Waals surface area contributed by atoms with E-state index in [0.717, 1.165) is 25.7 Å². The molecule has 0 spiro atoms. The molecule has 1 fully saturated rings. The third kappa shape index (κ3) is 6.37. The zero-order valence-electron chi connectivity index (χ0n) is 13.6. The van der Waals surface area contributed by atoms with Gasteiger partial charge in [0.05, 0.1) is 12.2 Å². The van der Waals surface area contributed by atoms with Gasteiger partial charge in [-0.25, -0.2) is 0 Å². The molecule has 0 saturated heterocycles. The van der Waals surface area contributed by atoms with Crippen molar-refractivity contribution in [2.45, 2.75) is 44.7 Å². The first-order valence-corrected chi connectivity index (χ1v) is 8.06. The summed E-state index contributed by atoms with van der Waals surface area (Å²) in [4.78, 5) is 12.5. The Morgan fingerprint density at radius 2 is 1.91 bits per heavy atom. The van der Waals surface area contributed by atoms with Gasteiger partial charge >= 0.3 is 0 Å². The number of para-hydroxylation sites is 1. The number of nitrogens with two attached hydrogens (primary N) is 1. The summed E-state index contributed by atoms with van der Waals surface area (Å²) in [6.45, 7) is 3.57. The minimum atomic E-state index is -0.0764. The summed E-state index contributed by atoms with van der Waals surface area (Å²) in [6.07, 6.45) is 3.83. The van der Waals surface area contributed by atoms with Crippen LogP contribution in [0.25, 0.3) is 0 Å². The molecule has 3 N–H and O–H groups in total. The smallest absolute Gasteiger partial charge is 0.255 e. The summed E-state index contributed by atoms with van der Waals surface area (Å²) in [5.41, 5.74) is 6.48. The molecule has 0 atom stereocenters. The molecule has 23 heavy (non-hydrogen) atoms. The highest BCUT2D eigenvalue weighted by molar-refractivity contribution is 5.97. The van der Waals surface area contributed by atoms with Crippen molar-refractivity contribution in [3.8, 4) is 5.75 Å². The molecule has 1 aromatic carbocycles. The lowest BCUT2D eigenvalue weighted by molar-refractivity contribution is 0.0910. The molecular weight excluding hydrogens is 316 g/mol. The summed E-state index contributed by atoms with van der Waals surface area (Å²) in [5, 5.41) is 3.09. The van der Waals surface area contributed by atoms with Crippen molar-refractivity contribution in [1.29, 1.82) is 0 Å². The molecule has 0 unspecified atom stereocenters. The second kappa shape index (κ2) is 10.5. The Labute approximate surface area is 144 Å². The Bertz CT molecular complexity index is 477. The van der Waals surface area contributed by atoms with Crippen LogP contribution in [0.15, 0.2) is 24.3 Å². The summed E-state index contributed by atoms with van der Waals surface area (Å²) in [6, 6.07) is 7.82. The van der Waals surface area contributed by atoms with E-state index in [4.69, 9.17) is 15.2 Å². The van der Waals surface area contributed by atoms with Gasteiger partial charge in [-0.2, -0.15) is 0 Å². The van der Waals surface area contributed by atoms with E-state index in [9.17, 15) is 4.79 Å². The van der Waals surface area contributed by atoms with Crippen molar-refractivity contribution in [2.24, 2.45) is 5.73 Å². The molecule has 1 aliphatic carbocycles. The molecule has 0 aromatic heterocycles. The van der Waals surface area contributed by atoms with E-state index >= 15 is 0 Å². The molecule has 130 valence electrons. The number of carbonyl (C=O) groups is 1. The molecule has 5 nitrogen and oxygen atoms in total. The van der Waals surface area contributed by atoms with E-state index in [2.05, 4.69) is 5.32 Å². The second-order valence-corrected chi connectivity index (χ2v) is 5.63. The van der Waals surface area contributed by atoms with Gasteiger partial charge in [0, 0.05) is 18.7 Å². The molecule has 1 amide bonds. The minimum absolute atomic E-state index is 0. The van der Waals surface area contributed by atoms with Gasteiger partial charge in [-0.3, -0.25) is 4.79 Å². The zero-order chi connectivity index (χ0) is 15.8. The minimum Gasteiger partial charge on any atom is -0.490 e. The second-order valence-electron chi connectivity index (χ2n) is 5.63. The first-order valence-electron chi connectivity index (χ1n) is 8.06. The van der Waals surface area contributed by atoms with Crippen LogP contribution in [0.3, 0.4) is 0 Å². The lowest BCUT2D eigenvalue weighted by Crippen LogP contribution is -2.40. The van der Waals surface area contributed by atoms with Gasteiger partial charge in [0.15, 0.2) is 0 Å². The number of halogens is 1. The fraction of sp³-hybridized carbons (Fsp3) is 0.588. The lowest BCUT2D eigenvalue weighted by Gasteiger charge is -2.27. The summed E-state index contributed by atoms with van der Waals surface area (Å²) in [7, 11) is 0. The first-order chi connectivity index (χ1) is 10.7. The Kier molecular flexibility index (Phi) is 8.99. The maximum atomic E-state index is 12.5. The Morgan fingerprint density at radius 3 is 2.61 bits per heavy atom. The number of amides is 1. The van der Waals surface area contributed by atoms with Crippen LogP contribution in [0.4, 0.5) is 0 Å². The fourth-order valence-electron chi connectivity index (χ4n) is 2.66. The van der Waals surface area contributed by atoms with Crippen LogP contribution in [0, 0.1) is 0 Å². The molecule has 6 heteroatoms. The van der Waals surface area contributed by atoms with Crippen LogP contribution in [0.5, 0.6) is 5.75 Å². The van der Waals surface area contributed by atoms with Crippen molar-refractivity contribution < 1.29 is 14.3 Å². The molecule has 1 saturated carbocycles. The quantitative estimate of drug-likeness (QED) is 0.747. The molecule has 1 aromatic rings. The number of nitrogens with one attached hydrogen (secondary N) is 1. The number of hydrogen-bond donors (Lipinski definition) is 2. The van der Waals surface area contributed by atoms with E-state index < -0.39 is 0 Å². The van der Waals surface area contributed by atoms with Crippen molar-refractivity contribution in [3.63, 3.8) is 0 Å². The molecule has 0 radical (unpaired) electrons. The zero-order valence-corrected chi connectivity index (χ0v) is 14.4. The number of benzene rings is 1. The van der Waals surface area contributed by atoms with Crippen LogP contribution in [0.2, 0.25) is 0 Å². The van der Waals surface area contributed by atoms with Crippen LogP contribution < -0.4 is 15.8 Å². The van der Waals surface area contributed by atoms with Gasteiger partial charge in [0.25, 0.3) is 5.91 Å². The highest BCUT2D eigenvalue weighted by Gasteiger charge is 2.21. The van der Waals surface area contributed by atoms with Gasteiger partial charge in [-0.15, -0.1) is 12.4 Å². The summed E-state index contributed by atoms with van der Waals surface area (Å²) in [5.74, 6) is 0.527. The van der Waals surface area contributed by atoms with Gasteiger partial charge in [-0.05, 0) is 44.7 Å². The average Bonchev–Trinajstić information content (AvgIpc) is 2.54. The maximum absolute atomic E-state index is 12.5. The Morgan fingerprint density at radius 1 is 1.22 bits per heavy atom. The Balaban J connectivity index is 0.00000264. The van der Waals surface area contributed by atoms with E-state index in [0.29, 0.717) is 31.1 Å². The standard InChI is InChI=1S/C17H26N2O3.ClH/c1-2-21-11-12-22-16-6-4-3-5-15(16)17(20)19-14-9-7-13(18)8-10-14;/h3-6,13-14H,2,7-12,18H2,1H3,(H,19,20);1H. The molecule has 1 aliphatic rings. The molecule has 2 rings (SSSR count). The van der Waals surface area contributed by atoms with E-state index in [1.807, 2.05) is 25.1 Å². The summed E-state index contributed by atoms with van der Waals surface area (Å²) < 4.78 is 10.9. The number of rotatable bonds is 7. The number of hydrogen-bond acceptors (Lipinski definition) is 4. The normalized spacial score (nSPS) is 20.4. The highest BCUT2D eigenvalue weighted by atomic mass is 35.5. The van der Waals surface area contributed by atoms with Gasteiger partial charge < -0.3 is 20.5 Å². The average molecular weight is 343 g/mol. The maximum Gasteiger partial charge on any atom is 0.255 e. The van der Waals surface area contributed by atoms with Crippen LogP contribution in [-0.4, -0.2) is 37.8 Å². The number of carbonyl (C=O) groups excluding carboxylic acids is 1. The third-order valence-electron chi connectivity index (χ3n) is 3.93. The van der Waals surface area contributed by atoms with Gasteiger partial charge in [-0.1, -0.05) is 12.1 Å². The monoisotopic (exact) mass is 342 g/mol. The largest absolute Gasteiger partial charge is 0.490 e. The van der Waals surface area contributed by atoms with Crippen LogP contribution in [0.1, 0.15) is 43.0 Å². The first kappa shape index (κ1) is 19.7. The third-order valence-corrected chi connectivity index (χ3v) is 3.93. The van der Waals surface area contributed by atoms with E-state index in [1.54, 1.807) is 6.07 Å². The van der Waals surface area contributed by atoms with Crippen LogP contribution in [-0.2, 0) is 4.74 Å². The van der Waals surface area contributed by atoms with Crippen molar-refractivity contribution in [1.82, 2.24) is 5.32 Å². The predicted molar refractivity (Wildman–Crippen MR) is 93.4 cm³/mol. The molecule has 0 bridgehead atoms. The van der Waals surface area contributed by atoms with Gasteiger partial charge in [0.1, 0.15) is 12.4 Å². The summed E-state index contributed by atoms with van der Waals surface area (Å²) >= 11 is 0. The van der Waals surface area contributed by atoms with E-state index in [-0.39, 0.29) is 30.4 Å². The lowest BCUT2D eigenvalue weighted by atomic mass is 9.91. The van der Waals surface area contributed by atoms with Crippen molar-refractivity contribution in [3.05, 3.63) is 29.8 Å². The van der Waals surface area contributed by atoms with Crippen molar-refractivity contribution >= 4 is 18.3 Å².